The summed E-state index contributed by atoms with van der Waals surface area (Å²) in [6.07, 6.45) is 2.94. The van der Waals surface area contributed by atoms with Crippen LogP contribution in [0.3, 0.4) is 0 Å². The molecule has 3 rings (SSSR count). The lowest BCUT2D eigenvalue weighted by Crippen LogP contribution is -2.72. The number of sulfonamides is 1. The summed E-state index contributed by atoms with van der Waals surface area (Å²) in [5.74, 6) is 0.210. The van der Waals surface area contributed by atoms with Crippen LogP contribution in [-0.4, -0.2) is 31.8 Å². The summed E-state index contributed by atoms with van der Waals surface area (Å²) in [6.45, 7) is 0.753. The molecule has 136 valence electrons. The van der Waals surface area contributed by atoms with Gasteiger partial charge in [-0.1, -0.05) is 6.07 Å². The van der Waals surface area contributed by atoms with Gasteiger partial charge < -0.3 is 9.73 Å². The van der Waals surface area contributed by atoms with Gasteiger partial charge in [0.1, 0.15) is 4.90 Å². The lowest BCUT2D eigenvalue weighted by atomic mass is 10.3. The monoisotopic (exact) mass is 393 g/mol. The number of carbonyl (C=O) groups is 1. The van der Waals surface area contributed by atoms with E-state index in [1.54, 1.807) is 18.2 Å². The second-order valence-electron chi connectivity index (χ2n) is 5.53. The van der Waals surface area contributed by atoms with E-state index < -0.39 is 15.9 Å². The summed E-state index contributed by atoms with van der Waals surface area (Å²) in [5.41, 5.74) is 0.432. The largest absolute Gasteiger partial charge is 0.459 e. The van der Waals surface area contributed by atoms with Gasteiger partial charge in [-0.25, -0.2) is 0 Å². The Kier molecular flexibility index (Phi) is 5.33. The Morgan fingerprint density at radius 2 is 2.08 bits per heavy atom. The van der Waals surface area contributed by atoms with Gasteiger partial charge in [0, 0.05) is 5.69 Å². The van der Waals surface area contributed by atoms with Crippen LogP contribution in [-0.2, 0) is 10.0 Å². The summed E-state index contributed by atoms with van der Waals surface area (Å²) >= 11 is 5.07. The molecule has 2 aromatic rings. The molecule has 8 nitrogen and oxygen atoms in total. The third-order valence-electron chi connectivity index (χ3n) is 3.57. The van der Waals surface area contributed by atoms with E-state index in [-0.39, 0.29) is 15.8 Å². The van der Waals surface area contributed by atoms with Crippen LogP contribution in [0.1, 0.15) is 23.4 Å². The maximum atomic E-state index is 12.4. The standard InChI is InChI=1S/C16H16N4O4S2/c21-15(13-6-3-9-24-13)19-16(25)18-11-4-1-5-12(10-11)26(22,23)20-14-7-2-8-17-14/h1,3-6,9-10H,2,7-8H2,(H,17,20)(H2,18,19,21,25)/p+1. The summed E-state index contributed by atoms with van der Waals surface area (Å²) in [4.78, 5) is 15.0. The minimum atomic E-state index is -3.70. The molecule has 0 radical (unpaired) electrons. The molecule has 1 aromatic heterocycles. The number of rotatable bonds is 4. The first-order valence-corrected chi connectivity index (χ1v) is 9.71. The quantitative estimate of drug-likeness (QED) is 0.542. The summed E-state index contributed by atoms with van der Waals surface area (Å²) in [7, 11) is -3.70. The van der Waals surface area contributed by atoms with Crippen LogP contribution < -0.4 is 20.3 Å². The molecule has 0 unspecified atom stereocenters. The van der Waals surface area contributed by atoms with Gasteiger partial charge in [0.25, 0.3) is 11.7 Å². The zero-order valence-corrected chi connectivity index (χ0v) is 15.2. The number of anilines is 1. The van der Waals surface area contributed by atoms with Gasteiger partial charge in [-0.15, -0.1) is 0 Å². The normalized spacial score (nSPS) is 13.8. The molecule has 0 atom stereocenters. The van der Waals surface area contributed by atoms with E-state index in [4.69, 9.17) is 16.6 Å². The summed E-state index contributed by atoms with van der Waals surface area (Å²) < 4.78 is 32.4. The van der Waals surface area contributed by atoms with Gasteiger partial charge in [-0.3, -0.25) is 15.1 Å². The van der Waals surface area contributed by atoms with Gasteiger partial charge in [0.15, 0.2) is 10.9 Å². The maximum Gasteiger partial charge on any atom is 0.328 e. The van der Waals surface area contributed by atoms with E-state index in [1.807, 2.05) is 0 Å². The van der Waals surface area contributed by atoms with Crippen molar-refractivity contribution in [3.05, 3.63) is 48.4 Å². The fourth-order valence-corrected chi connectivity index (χ4v) is 3.74. The fraction of sp³-hybridized carbons (Fsp3) is 0.188. The summed E-state index contributed by atoms with van der Waals surface area (Å²) in [5, 5.41) is 5.27. The average molecular weight is 393 g/mol. The van der Waals surface area contributed by atoms with Crippen molar-refractivity contribution >= 4 is 44.8 Å². The first-order valence-electron chi connectivity index (χ1n) is 7.82. The number of hydrogen-bond donors (Lipinski definition) is 4. The highest BCUT2D eigenvalue weighted by molar-refractivity contribution is 7.90. The molecule has 4 N–H and O–H groups in total. The summed E-state index contributed by atoms with van der Waals surface area (Å²) in [6, 6.07) is 9.23. The van der Waals surface area contributed by atoms with Crippen LogP contribution in [0.15, 0.2) is 52.0 Å². The molecule has 10 heteroatoms. The zero-order valence-electron chi connectivity index (χ0n) is 13.6. The SMILES string of the molecule is O=C(NC(=S)Nc1cccc(S(=O)(=O)NC2=[NH+]CCC2)c1)c1ccco1. The maximum absolute atomic E-state index is 12.4. The number of benzene rings is 1. The Labute approximate surface area is 155 Å². The number of carbonyl (C=O) groups excluding carboxylic acids is 1. The number of amides is 1. The molecule has 0 spiro atoms. The molecular weight excluding hydrogens is 376 g/mol. The van der Waals surface area contributed by atoms with Gasteiger partial charge in [0.2, 0.25) is 0 Å². The smallest absolute Gasteiger partial charge is 0.328 e. The number of thiocarbonyl (C=S) groups is 1. The third kappa shape index (κ3) is 4.46. The number of furan rings is 1. The van der Waals surface area contributed by atoms with Gasteiger partial charge >= 0.3 is 10.0 Å². The second kappa shape index (κ2) is 7.67. The number of amidine groups is 1. The fourth-order valence-electron chi connectivity index (χ4n) is 2.38. The Morgan fingerprint density at radius 3 is 2.77 bits per heavy atom. The Balaban J connectivity index is 1.67. The molecule has 0 saturated carbocycles. The van der Waals surface area contributed by atoms with Crippen molar-refractivity contribution in [2.45, 2.75) is 17.7 Å². The van der Waals surface area contributed by atoms with Gasteiger partial charge in [-0.2, -0.15) is 13.1 Å². The molecular formula is C16H17N4O4S2+. The predicted octanol–water partition coefficient (Wildman–Crippen LogP) is -0.0424. The van der Waals surface area contributed by atoms with Crippen molar-refractivity contribution in [1.29, 1.82) is 0 Å². The molecule has 0 fully saturated rings. The molecule has 2 heterocycles. The van der Waals surface area contributed by atoms with E-state index in [1.165, 1.54) is 24.5 Å². The van der Waals surface area contributed by atoms with Crippen molar-refractivity contribution in [2.24, 2.45) is 0 Å². The third-order valence-corrected chi connectivity index (χ3v) is 5.17. The van der Waals surface area contributed by atoms with Crippen LogP contribution in [0.5, 0.6) is 0 Å². The Morgan fingerprint density at radius 1 is 1.23 bits per heavy atom. The van der Waals surface area contributed by atoms with E-state index in [9.17, 15) is 13.2 Å². The number of nitrogens with one attached hydrogen (secondary N) is 4. The molecule has 1 aliphatic heterocycles. The Hall–Kier alpha value is -2.72. The zero-order chi connectivity index (χ0) is 18.6. The Bertz CT molecular complexity index is 952. The highest BCUT2D eigenvalue weighted by Crippen LogP contribution is 2.15. The highest BCUT2D eigenvalue weighted by atomic mass is 32.2. The van der Waals surface area contributed by atoms with E-state index in [0.29, 0.717) is 17.9 Å². The minimum Gasteiger partial charge on any atom is -0.459 e. The predicted molar refractivity (Wildman–Crippen MR) is 99.2 cm³/mol. The first kappa shape index (κ1) is 18.1. The van der Waals surface area contributed by atoms with Gasteiger partial charge in [-0.05, 0) is 49.0 Å². The van der Waals surface area contributed by atoms with Crippen molar-refractivity contribution in [1.82, 2.24) is 10.0 Å². The van der Waals surface area contributed by atoms with Crippen LogP contribution >= 0.6 is 12.2 Å². The average Bonchev–Trinajstić information content (AvgIpc) is 3.28. The molecule has 1 amide bonds. The molecule has 1 aromatic carbocycles. The van der Waals surface area contributed by atoms with Crippen LogP contribution in [0.25, 0.3) is 0 Å². The lowest BCUT2D eigenvalue weighted by Gasteiger charge is -2.09. The topological polar surface area (TPSA) is 114 Å². The molecule has 26 heavy (non-hydrogen) atoms. The van der Waals surface area contributed by atoms with Crippen molar-refractivity contribution < 1.29 is 22.6 Å². The van der Waals surface area contributed by atoms with Crippen molar-refractivity contribution in [3.63, 3.8) is 0 Å². The molecule has 0 aliphatic carbocycles. The van der Waals surface area contributed by atoms with Gasteiger partial charge in [0.05, 0.1) is 19.2 Å². The minimum absolute atomic E-state index is 0.0285. The molecule has 0 bridgehead atoms. The van der Waals surface area contributed by atoms with Crippen molar-refractivity contribution in [2.75, 3.05) is 11.9 Å². The molecule has 0 saturated heterocycles. The highest BCUT2D eigenvalue weighted by Gasteiger charge is 2.24. The van der Waals surface area contributed by atoms with E-state index in [2.05, 4.69) is 20.3 Å². The van der Waals surface area contributed by atoms with Crippen LogP contribution in [0, 0.1) is 0 Å². The molecule has 1 aliphatic rings. The number of hydrogen-bond acceptors (Lipinski definition) is 5. The van der Waals surface area contributed by atoms with E-state index >= 15 is 0 Å². The lowest BCUT2D eigenvalue weighted by molar-refractivity contribution is -0.448. The first-order chi connectivity index (χ1) is 12.4. The van der Waals surface area contributed by atoms with Crippen LogP contribution in [0.2, 0.25) is 0 Å². The van der Waals surface area contributed by atoms with E-state index in [0.717, 1.165) is 13.0 Å². The second-order valence-corrected chi connectivity index (χ2v) is 7.62. The van der Waals surface area contributed by atoms with Crippen LogP contribution in [0.4, 0.5) is 5.69 Å². The van der Waals surface area contributed by atoms with Crippen molar-refractivity contribution in [3.8, 4) is 0 Å².